The van der Waals surface area contributed by atoms with Crippen LogP contribution in [-0.2, 0) is 0 Å². The highest BCUT2D eigenvalue weighted by Gasteiger charge is 2.12. The van der Waals surface area contributed by atoms with E-state index in [4.69, 9.17) is 10.8 Å². The molecule has 6 heteroatoms. The first kappa shape index (κ1) is 12.8. The van der Waals surface area contributed by atoms with Crippen LogP contribution in [0.3, 0.4) is 0 Å². The number of nitrogen functional groups attached to an aromatic ring is 1. The Morgan fingerprint density at radius 2 is 2.00 bits per heavy atom. The molecule has 0 amide bonds. The molecule has 0 aliphatic rings. The van der Waals surface area contributed by atoms with Gasteiger partial charge in [-0.2, -0.15) is 0 Å². The number of carboxylic acid groups (broad SMARTS) is 1. The van der Waals surface area contributed by atoms with E-state index >= 15 is 0 Å². The topological polar surface area (TPSA) is 79.5 Å². The average Bonchev–Trinajstić information content (AvgIpc) is 2.39. The second kappa shape index (κ2) is 4.93. The van der Waals surface area contributed by atoms with Crippen LogP contribution in [0.1, 0.15) is 10.4 Å². The van der Waals surface area contributed by atoms with Gasteiger partial charge in [-0.15, -0.1) is 0 Å². The Morgan fingerprint density at radius 3 is 2.58 bits per heavy atom. The number of hydrogen-bond acceptors (Lipinski definition) is 4. The lowest BCUT2D eigenvalue weighted by molar-refractivity contribution is 0.0698. The lowest BCUT2D eigenvalue weighted by atomic mass is 10.2. The molecule has 1 heterocycles. The molecule has 3 N–H and O–H groups in total. The first-order chi connectivity index (χ1) is 8.99. The van der Waals surface area contributed by atoms with Crippen LogP contribution in [0.15, 0.2) is 36.5 Å². The molecule has 0 bridgehead atoms. The molecule has 98 valence electrons. The quantitative estimate of drug-likeness (QED) is 0.886. The zero-order valence-electron chi connectivity index (χ0n) is 10.2. The SMILES string of the molecule is CN(c1ccc(F)cc1)c1cc(C(=O)O)c(N)cn1. The number of carbonyl (C=O) groups is 1. The Hall–Kier alpha value is -2.63. The zero-order chi connectivity index (χ0) is 14.0. The van der Waals surface area contributed by atoms with Gasteiger partial charge in [-0.25, -0.2) is 14.2 Å². The summed E-state index contributed by atoms with van der Waals surface area (Å²) in [7, 11) is 1.71. The maximum absolute atomic E-state index is 12.8. The molecule has 0 fully saturated rings. The number of halogens is 1. The second-order valence-corrected chi connectivity index (χ2v) is 3.97. The number of hydrogen-bond donors (Lipinski definition) is 2. The maximum atomic E-state index is 12.8. The average molecular weight is 261 g/mol. The van der Waals surface area contributed by atoms with Gasteiger partial charge in [-0.3, -0.25) is 0 Å². The van der Waals surface area contributed by atoms with Gasteiger partial charge in [0.15, 0.2) is 0 Å². The van der Waals surface area contributed by atoms with E-state index in [-0.39, 0.29) is 17.1 Å². The van der Waals surface area contributed by atoms with Crippen LogP contribution in [0.2, 0.25) is 0 Å². The fraction of sp³-hybridized carbons (Fsp3) is 0.0769. The normalized spacial score (nSPS) is 10.2. The standard InChI is InChI=1S/C13H12FN3O2/c1-17(9-4-2-8(14)3-5-9)12-6-10(13(18)19)11(15)7-16-12/h2-7H,15H2,1H3,(H,18,19). The van der Waals surface area contributed by atoms with Crippen molar-refractivity contribution in [1.82, 2.24) is 4.98 Å². The largest absolute Gasteiger partial charge is 0.478 e. The molecule has 2 rings (SSSR count). The molecule has 1 aromatic carbocycles. The number of carboxylic acids is 1. The summed E-state index contributed by atoms with van der Waals surface area (Å²) in [5.41, 5.74) is 6.31. The highest BCUT2D eigenvalue weighted by Crippen LogP contribution is 2.24. The van der Waals surface area contributed by atoms with Crippen molar-refractivity contribution < 1.29 is 14.3 Å². The van der Waals surface area contributed by atoms with Crippen LogP contribution in [0.4, 0.5) is 21.6 Å². The predicted octanol–water partition coefficient (Wildman–Crippen LogP) is 2.27. The van der Waals surface area contributed by atoms with Crippen molar-refractivity contribution >= 4 is 23.2 Å². The van der Waals surface area contributed by atoms with Crippen molar-refractivity contribution in [3.05, 3.63) is 47.9 Å². The lowest BCUT2D eigenvalue weighted by Crippen LogP contribution is -2.13. The van der Waals surface area contributed by atoms with Crippen molar-refractivity contribution in [1.29, 1.82) is 0 Å². The molecule has 0 radical (unpaired) electrons. The Kier molecular flexibility index (Phi) is 3.33. The molecular formula is C13H12FN3O2. The number of anilines is 3. The zero-order valence-corrected chi connectivity index (χ0v) is 10.2. The van der Waals surface area contributed by atoms with Gasteiger partial charge in [0.1, 0.15) is 11.6 Å². The number of aromatic carboxylic acids is 1. The van der Waals surface area contributed by atoms with Gasteiger partial charge in [-0.1, -0.05) is 0 Å². The molecular weight excluding hydrogens is 249 g/mol. The van der Waals surface area contributed by atoms with Crippen LogP contribution in [0, 0.1) is 5.82 Å². The summed E-state index contributed by atoms with van der Waals surface area (Å²) in [6.07, 6.45) is 1.29. The summed E-state index contributed by atoms with van der Waals surface area (Å²) in [5, 5.41) is 9.00. The monoisotopic (exact) mass is 261 g/mol. The smallest absolute Gasteiger partial charge is 0.337 e. The Bertz CT molecular complexity index is 614. The van der Waals surface area contributed by atoms with Crippen LogP contribution < -0.4 is 10.6 Å². The number of aromatic nitrogens is 1. The molecule has 0 unspecified atom stereocenters. The van der Waals surface area contributed by atoms with Crippen LogP contribution >= 0.6 is 0 Å². The van der Waals surface area contributed by atoms with Crippen LogP contribution in [0.25, 0.3) is 0 Å². The molecule has 1 aromatic heterocycles. The molecule has 0 atom stereocenters. The Balaban J connectivity index is 2.38. The maximum Gasteiger partial charge on any atom is 0.337 e. The molecule has 0 aliphatic carbocycles. The van der Waals surface area contributed by atoms with E-state index in [1.54, 1.807) is 24.1 Å². The number of rotatable bonds is 3. The minimum Gasteiger partial charge on any atom is -0.478 e. The third-order valence-electron chi connectivity index (χ3n) is 2.71. The molecule has 2 aromatic rings. The van der Waals surface area contributed by atoms with Gasteiger partial charge in [0, 0.05) is 12.7 Å². The summed E-state index contributed by atoms with van der Waals surface area (Å²) >= 11 is 0. The van der Waals surface area contributed by atoms with Gasteiger partial charge in [0.05, 0.1) is 17.4 Å². The van der Waals surface area contributed by atoms with E-state index in [0.717, 1.165) is 0 Å². The number of pyridine rings is 1. The van der Waals surface area contributed by atoms with Crippen LogP contribution in [0.5, 0.6) is 0 Å². The number of benzene rings is 1. The molecule has 0 saturated carbocycles. The highest BCUT2D eigenvalue weighted by atomic mass is 19.1. The minimum atomic E-state index is -1.12. The fourth-order valence-corrected chi connectivity index (χ4v) is 1.62. The molecule has 5 nitrogen and oxygen atoms in total. The molecule has 0 saturated heterocycles. The third kappa shape index (κ3) is 2.62. The summed E-state index contributed by atoms with van der Waals surface area (Å²) in [4.78, 5) is 16.7. The Morgan fingerprint density at radius 1 is 1.37 bits per heavy atom. The molecule has 0 spiro atoms. The summed E-state index contributed by atoms with van der Waals surface area (Å²) in [6, 6.07) is 7.17. The van der Waals surface area contributed by atoms with Crippen molar-refractivity contribution in [2.75, 3.05) is 17.7 Å². The van der Waals surface area contributed by atoms with Gasteiger partial charge in [-0.05, 0) is 30.3 Å². The highest BCUT2D eigenvalue weighted by molar-refractivity contribution is 5.94. The van der Waals surface area contributed by atoms with Gasteiger partial charge in [0.2, 0.25) is 0 Å². The van der Waals surface area contributed by atoms with E-state index in [0.29, 0.717) is 11.5 Å². The lowest BCUT2D eigenvalue weighted by Gasteiger charge is -2.19. The van der Waals surface area contributed by atoms with Crippen molar-refractivity contribution in [3.63, 3.8) is 0 Å². The summed E-state index contributed by atoms with van der Waals surface area (Å²) < 4.78 is 12.8. The van der Waals surface area contributed by atoms with Gasteiger partial charge in [0.25, 0.3) is 0 Å². The fourth-order valence-electron chi connectivity index (χ4n) is 1.62. The van der Waals surface area contributed by atoms with Gasteiger partial charge < -0.3 is 15.7 Å². The first-order valence-electron chi connectivity index (χ1n) is 5.47. The van der Waals surface area contributed by atoms with E-state index < -0.39 is 5.97 Å². The van der Waals surface area contributed by atoms with Crippen LogP contribution in [-0.4, -0.2) is 23.1 Å². The first-order valence-corrected chi connectivity index (χ1v) is 5.47. The Labute approximate surface area is 109 Å². The van der Waals surface area contributed by atoms with E-state index in [9.17, 15) is 9.18 Å². The number of nitrogens with zero attached hydrogens (tertiary/aromatic N) is 2. The predicted molar refractivity (Wildman–Crippen MR) is 70.1 cm³/mol. The van der Waals surface area contributed by atoms with Crippen molar-refractivity contribution in [3.8, 4) is 0 Å². The van der Waals surface area contributed by atoms with E-state index in [2.05, 4.69) is 4.98 Å². The molecule has 0 aliphatic heterocycles. The number of nitrogens with two attached hydrogens (primary N) is 1. The van der Waals surface area contributed by atoms with E-state index in [1.807, 2.05) is 0 Å². The minimum absolute atomic E-state index is 0.0149. The summed E-state index contributed by atoms with van der Waals surface area (Å²) in [6.45, 7) is 0. The van der Waals surface area contributed by atoms with Crippen molar-refractivity contribution in [2.24, 2.45) is 0 Å². The van der Waals surface area contributed by atoms with Gasteiger partial charge >= 0.3 is 5.97 Å². The second-order valence-electron chi connectivity index (χ2n) is 3.97. The molecule has 19 heavy (non-hydrogen) atoms. The van der Waals surface area contributed by atoms with E-state index in [1.165, 1.54) is 24.4 Å². The summed E-state index contributed by atoms with van der Waals surface area (Å²) in [5.74, 6) is -1.04. The third-order valence-corrected chi connectivity index (χ3v) is 2.71. The van der Waals surface area contributed by atoms with Crippen molar-refractivity contribution in [2.45, 2.75) is 0 Å².